The number of allylic oxidation sites excluding steroid dienone is 3. The highest BCUT2D eigenvalue weighted by atomic mass is 32.2. The smallest absolute Gasteiger partial charge is 0.208 e. The number of sulfonamides is 1. The first-order valence-electron chi connectivity index (χ1n) is 14.4. The molecule has 0 spiro atoms. The van der Waals surface area contributed by atoms with Crippen LogP contribution in [0.15, 0.2) is 72.5 Å². The van der Waals surface area contributed by atoms with E-state index in [9.17, 15) is 12.8 Å². The quantitative estimate of drug-likeness (QED) is 0.236. The zero-order valence-electron chi connectivity index (χ0n) is 24.0. The van der Waals surface area contributed by atoms with Gasteiger partial charge in [0.1, 0.15) is 11.5 Å². The van der Waals surface area contributed by atoms with Crippen molar-refractivity contribution in [1.29, 1.82) is 0 Å². The lowest BCUT2D eigenvalue weighted by Gasteiger charge is -2.26. The Morgan fingerprint density at radius 3 is 2.82 bits per heavy atom. The molecule has 0 bridgehead atoms. The standard InChI is InChI=1S/C31H31FN8O3S/c1-44(41,42)35-15-19-9-21(12-24(32)11-19)25-3-2-4-27-28(25)37-31(36-27)29-26-13-23(17-34-30(26)39-38-29)22-10-20(14-33-16-22)18-40-5-7-43-8-6-40/h2-4,10-14,16-17,21,35H,5-9,15,18H2,1H3,(H,36,37)(H,34,38,39). The Bertz CT molecular complexity index is 2030. The van der Waals surface area contributed by atoms with E-state index in [0.29, 0.717) is 34.7 Å². The summed E-state index contributed by atoms with van der Waals surface area (Å²) in [6, 6.07) is 9.93. The van der Waals surface area contributed by atoms with Gasteiger partial charge >= 0.3 is 0 Å². The van der Waals surface area contributed by atoms with E-state index in [1.807, 2.05) is 36.7 Å². The first kappa shape index (κ1) is 28.5. The van der Waals surface area contributed by atoms with Crippen molar-refractivity contribution < 1.29 is 17.5 Å². The zero-order chi connectivity index (χ0) is 30.3. The lowest BCUT2D eigenvalue weighted by molar-refractivity contribution is 0.0341. The van der Waals surface area contributed by atoms with Gasteiger partial charge in [-0.2, -0.15) is 5.10 Å². The third-order valence-corrected chi connectivity index (χ3v) is 8.64. The largest absolute Gasteiger partial charge is 0.379 e. The van der Waals surface area contributed by atoms with Crippen LogP contribution in [0.25, 0.3) is 44.7 Å². The highest BCUT2D eigenvalue weighted by Gasteiger charge is 2.23. The number of aromatic amines is 2. The summed E-state index contributed by atoms with van der Waals surface area (Å²) in [5, 5.41) is 8.31. The van der Waals surface area contributed by atoms with Gasteiger partial charge in [-0.25, -0.2) is 27.5 Å². The van der Waals surface area contributed by atoms with Crippen LogP contribution in [0, 0.1) is 0 Å². The molecule has 226 valence electrons. The molecule has 0 radical (unpaired) electrons. The molecule has 1 unspecified atom stereocenters. The van der Waals surface area contributed by atoms with Gasteiger partial charge in [0.05, 0.1) is 35.9 Å². The van der Waals surface area contributed by atoms with E-state index >= 15 is 0 Å². The second-order valence-corrected chi connectivity index (χ2v) is 13.1. The van der Waals surface area contributed by atoms with Crippen molar-refractivity contribution in [3.8, 4) is 22.6 Å². The number of ether oxygens (including phenoxy) is 1. The van der Waals surface area contributed by atoms with Crippen LogP contribution in [0.1, 0.15) is 23.5 Å². The third-order valence-electron chi connectivity index (χ3n) is 7.97. The van der Waals surface area contributed by atoms with Gasteiger partial charge < -0.3 is 9.72 Å². The number of aromatic nitrogens is 6. The molecule has 1 fully saturated rings. The number of nitrogens with one attached hydrogen (secondary N) is 3. The van der Waals surface area contributed by atoms with Gasteiger partial charge in [-0.1, -0.05) is 17.7 Å². The fourth-order valence-electron chi connectivity index (χ4n) is 5.84. The van der Waals surface area contributed by atoms with Crippen LogP contribution in [0.4, 0.5) is 4.39 Å². The lowest BCUT2D eigenvalue weighted by atomic mass is 9.87. The van der Waals surface area contributed by atoms with Gasteiger partial charge in [-0.3, -0.25) is 15.0 Å². The number of morpholine rings is 1. The zero-order valence-corrected chi connectivity index (χ0v) is 24.9. The van der Waals surface area contributed by atoms with Crippen LogP contribution in [-0.2, 0) is 21.3 Å². The minimum Gasteiger partial charge on any atom is -0.379 e. The van der Waals surface area contributed by atoms with Crippen LogP contribution in [0.5, 0.6) is 0 Å². The number of fused-ring (bicyclic) bond motifs is 2. The Balaban J connectivity index is 1.19. The molecule has 5 heterocycles. The summed E-state index contributed by atoms with van der Waals surface area (Å²) in [5.74, 6) is -0.121. The minimum absolute atomic E-state index is 0.0551. The second kappa shape index (κ2) is 11.7. The maximum absolute atomic E-state index is 14.7. The lowest BCUT2D eigenvalue weighted by Crippen LogP contribution is -2.35. The summed E-state index contributed by atoms with van der Waals surface area (Å²) in [7, 11) is -3.40. The molecule has 1 aliphatic heterocycles. The Morgan fingerprint density at radius 2 is 1.98 bits per heavy atom. The van der Waals surface area contributed by atoms with Crippen molar-refractivity contribution in [2.45, 2.75) is 18.9 Å². The molecule has 7 rings (SSSR count). The van der Waals surface area contributed by atoms with E-state index in [-0.39, 0.29) is 12.5 Å². The first-order chi connectivity index (χ1) is 21.3. The predicted octanol–water partition coefficient (Wildman–Crippen LogP) is 4.21. The Morgan fingerprint density at radius 1 is 1.14 bits per heavy atom. The van der Waals surface area contributed by atoms with Gasteiger partial charge in [-0.15, -0.1) is 0 Å². The number of hydrogen-bond acceptors (Lipinski definition) is 8. The number of rotatable bonds is 8. The average Bonchev–Trinajstić information content (AvgIpc) is 3.64. The molecule has 3 N–H and O–H groups in total. The summed E-state index contributed by atoms with van der Waals surface area (Å²) in [5.41, 5.74) is 7.27. The molecule has 2 aliphatic rings. The third kappa shape index (κ3) is 6.04. The number of pyridine rings is 2. The average molecular weight is 615 g/mol. The van der Waals surface area contributed by atoms with E-state index in [2.05, 4.69) is 40.8 Å². The van der Waals surface area contributed by atoms with E-state index in [0.717, 1.165) is 72.3 Å². The van der Waals surface area contributed by atoms with Crippen LogP contribution < -0.4 is 4.72 Å². The molecular formula is C31H31FN8O3S. The summed E-state index contributed by atoms with van der Waals surface area (Å²) in [6.07, 6.45) is 10.0. The van der Waals surface area contributed by atoms with Crippen LogP contribution in [0.3, 0.4) is 0 Å². The molecule has 44 heavy (non-hydrogen) atoms. The van der Waals surface area contributed by atoms with Crippen molar-refractivity contribution in [2.75, 3.05) is 39.1 Å². The molecule has 0 saturated carbocycles. The number of nitrogens with zero attached hydrogens (tertiary/aromatic N) is 5. The fraction of sp³-hybridized carbons (Fsp3) is 0.290. The van der Waals surface area contributed by atoms with Crippen molar-refractivity contribution in [3.63, 3.8) is 0 Å². The monoisotopic (exact) mass is 614 g/mol. The summed E-state index contributed by atoms with van der Waals surface area (Å²) in [4.78, 5) is 19.8. The van der Waals surface area contributed by atoms with Crippen molar-refractivity contribution in [3.05, 3.63) is 83.6 Å². The molecule has 0 amide bonds. The van der Waals surface area contributed by atoms with Crippen LogP contribution in [0.2, 0.25) is 0 Å². The normalized spacial score (nSPS) is 18.1. The molecule has 1 aromatic carbocycles. The van der Waals surface area contributed by atoms with Gasteiger partial charge in [0.2, 0.25) is 10.0 Å². The van der Waals surface area contributed by atoms with Crippen molar-refractivity contribution in [2.24, 2.45) is 0 Å². The molecule has 11 nitrogen and oxygen atoms in total. The number of benzene rings is 1. The Kier molecular flexibility index (Phi) is 7.54. The summed E-state index contributed by atoms with van der Waals surface area (Å²) < 4.78 is 45.8. The number of halogens is 1. The van der Waals surface area contributed by atoms with Gasteiger partial charge in [0.25, 0.3) is 0 Å². The number of para-hydroxylation sites is 1. The molecule has 5 aromatic rings. The molecule has 4 aromatic heterocycles. The van der Waals surface area contributed by atoms with E-state index in [1.165, 1.54) is 6.08 Å². The summed E-state index contributed by atoms with van der Waals surface area (Å²) >= 11 is 0. The van der Waals surface area contributed by atoms with E-state index < -0.39 is 15.9 Å². The SMILES string of the molecule is CS(=O)(=O)NCC1=CC(F)=CC(c2cccc3[nH]c(-c4[nH]nc5ncc(-c6cncc(CN7CCOCC7)c6)cc45)nc23)C1. The molecule has 1 atom stereocenters. The van der Waals surface area contributed by atoms with Crippen LogP contribution in [-0.4, -0.2) is 82.6 Å². The molecular weight excluding hydrogens is 583 g/mol. The highest BCUT2D eigenvalue weighted by molar-refractivity contribution is 7.88. The Hall–Kier alpha value is -4.30. The maximum Gasteiger partial charge on any atom is 0.208 e. The topological polar surface area (TPSA) is 142 Å². The number of H-pyrrole nitrogens is 2. The van der Waals surface area contributed by atoms with E-state index in [4.69, 9.17) is 9.72 Å². The Labute approximate surface area is 253 Å². The number of imidazole rings is 1. The van der Waals surface area contributed by atoms with Gasteiger partial charge in [0, 0.05) is 61.8 Å². The minimum atomic E-state index is -3.40. The summed E-state index contributed by atoms with van der Waals surface area (Å²) in [6.45, 7) is 4.16. The van der Waals surface area contributed by atoms with Crippen molar-refractivity contribution in [1.82, 2.24) is 39.8 Å². The van der Waals surface area contributed by atoms with Gasteiger partial charge in [-0.05, 0) is 47.9 Å². The van der Waals surface area contributed by atoms with Crippen LogP contribution >= 0.6 is 0 Å². The molecule has 13 heteroatoms. The predicted molar refractivity (Wildman–Crippen MR) is 166 cm³/mol. The maximum atomic E-state index is 14.7. The fourth-order valence-corrected chi connectivity index (χ4v) is 6.29. The van der Waals surface area contributed by atoms with Crippen molar-refractivity contribution >= 4 is 32.1 Å². The first-order valence-corrected chi connectivity index (χ1v) is 16.3. The highest BCUT2D eigenvalue weighted by Crippen LogP contribution is 2.36. The molecule has 1 saturated heterocycles. The second-order valence-electron chi connectivity index (χ2n) is 11.3. The van der Waals surface area contributed by atoms with Gasteiger partial charge in [0.15, 0.2) is 11.5 Å². The number of hydrogen-bond donors (Lipinski definition) is 3. The molecule has 1 aliphatic carbocycles. The van der Waals surface area contributed by atoms with E-state index in [1.54, 1.807) is 12.3 Å².